The molecular weight excluding hydrogens is 282 g/mol. The number of thiazole rings is 1. The first-order valence-corrected chi connectivity index (χ1v) is 8.16. The molecule has 1 atom stereocenters. The highest BCUT2D eigenvalue weighted by molar-refractivity contribution is 7.13. The Kier molecular flexibility index (Phi) is 4.31. The van der Waals surface area contributed by atoms with E-state index in [1.807, 2.05) is 35.7 Å². The topological polar surface area (TPSA) is 68.0 Å². The number of nitrogens with two attached hydrogens (primary N) is 1. The molecule has 0 saturated heterocycles. The molecule has 1 aliphatic carbocycles. The number of amides is 1. The number of anilines is 1. The molecule has 0 bridgehead atoms. The van der Waals surface area contributed by atoms with E-state index in [4.69, 9.17) is 5.73 Å². The number of hydrogen-bond donors (Lipinski definition) is 2. The lowest BCUT2D eigenvalue weighted by Crippen LogP contribution is -2.16. The van der Waals surface area contributed by atoms with Gasteiger partial charge in [-0.1, -0.05) is 30.3 Å². The van der Waals surface area contributed by atoms with Gasteiger partial charge in [-0.15, -0.1) is 11.3 Å². The van der Waals surface area contributed by atoms with Crippen LogP contribution in [0.2, 0.25) is 0 Å². The Hall–Kier alpha value is -1.72. The molecule has 0 radical (unpaired) electrons. The van der Waals surface area contributed by atoms with Crippen molar-refractivity contribution in [2.75, 3.05) is 5.32 Å². The summed E-state index contributed by atoms with van der Waals surface area (Å²) in [6.07, 6.45) is 3.50. The van der Waals surface area contributed by atoms with Gasteiger partial charge in [0.15, 0.2) is 5.13 Å². The maximum absolute atomic E-state index is 11.9. The Morgan fingerprint density at radius 1 is 1.38 bits per heavy atom. The zero-order valence-electron chi connectivity index (χ0n) is 11.8. The fourth-order valence-electron chi connectivity index (χ4n) is 2.25. The molecule has 1 unspecified atom stereocenters. The summed E-state index contributed by atoms with van der Waals surface area (Å²) in [7, 11) is 0. The summed E-state index contributed by atoms with van der Waals surface area (Å²) < 4.78 is 0. The first-order chi connectivity index (χ1) is 10.2. The summed E-state index contributed by atoms with van der Waals surface area (Å²) in [5.74, 6) is 0.608. The van der Waals surface area contributed by atoms with Crippen LogP contribution in [0, 0.1) is 0 Å². The van der Waals surface area contributed by atoms with Crippen molar-refractivity contribution in [3.63, 3.8) is 0 Å². The van der Waals surface area contributed by atoms with Crippen molar-refractivity contribution in [1.29, 1.82) is 0 Å². The average molecular weight is 301 g/mol. The van der Waals surface area contributed by atoms with Gasteiger partial charge in [0.2, 0.25) is 5.91 Å². The van der Waals surface area contributed by atoms with Gasteiger partial charge in [0.1, 0.15) is 0 Å². The van der Waals surface area contributed by atoms with E-state index in [-0.39, 0.29) is 11.9 Å². The van der Waals surface area contributed by atoms with Crippen molar-refractivity contribution in [2.24, 2.45) is 5.73 Å². The van der Waals surface area contributed by atoms with Gasteiger partial charge in [0.25, 0.3) is 0 Å². The maximum atomic E-state index is 11.9. The fraction of sp³-hybridized carbons (Fsp3) is 0.375. The van der Waals surface area contributed by atoms with Crippen molar-refractivity contribution in [3.8, 4) is 0 Å². The summed E-state index contributed by atoms with van der Waals surface area (Å²) in [4.78, 5) is 16.4. The number of carbonyl (C=O) groups excluding carboxylic acids is 1. The van der Waals surface area contributed by atoms with Crippen LogP contribution in [0.1, 0.15) is 48.9 Å². The van der Waals surface area contributed by atoms with Gasteiger partial charge in [0.05, 0.1) is 5.69 Å². The van der Waals surface area contributed by atoms with E-state index < -0.39 is 0 Å². The van der Waals surface area contributed by atoms with Crippen LogP contribution in [0.4, 0.5) is 5.13 Å². The number of benzene rings is 1. The number of nitrogens with one attached hydrogen (secondary N) is 1. The first kappa shape index (κ1) is 14.2. The quantitative estimate of drug-likeness (QED) is 0.858. The number of nitrogens with zero attached hydrogens (tertiary/aromatic N) is 1. The SMILES string of the molecule is NC(CCC(=O)Nc1nc(C2CC2)cs1)c1ccccc1. The Balaban J connectivity index is 1.47. The van der Waals surface area contributed by atoms with Crippen LogP contribution in [0.25, 0.3) is 0 Å². The Labute approximate surface area is 128 Å². The van der Waals surface area contributed by atoms with Gasteiger partial charge >= 0.3 is 0 Å². The molecule has 2 aromatic rings. The largest absolute Gasteiger partial charge is 0.324 e. The van der Waals surface area contributed by atoms with Crippen LogP contribution in [-0.2, 0) is 4.79 Å². The van der Waals surface area contributed by atoms with E-state index in [1.54, 1.807) is 0 Å². The van der Waals surface area contributed by atoms with E-state index in [9.17, 15) is 4.79 Å². The molecule has 4 nitrogen and oxygen atoms in total. The lowest BCUT2D eigenvalue weighted by Gasteiger charge is -2.11. The highest BCUT2D eigenvalue weighted by Crippen LogP contribution is 2.40. The third kappa shape index (κ3) is 3.89. The minimum absolute atomic E-state index is 0.0157. The van der Waals surface area contributed by atoms with Crippen molar-refractivity contribution < 1.29 is 4.79 Å². The fourth-order valence-corrected chi connectivity index (χ4v) is 3.05. The predicted octanol–water partition coefficient (Wildman–Crippen LogP) is 3.44. The third-order valence-electron chi connectivity index (χ3n) is 3.67. The van der Waals surface area contributed by atoms with Gasteiger partial charge in [0, 0.05) is 23.8 Å². The van der Waals surface area contributed by atoms with Crippen LogP contribution in [0.5, 0.6) is 0 Å². The highest BCUT2D eigenvalue weighted by atomic mass is 32.1. The van der Waals surface area contributed by atoms with Crippen LogP contribution < -0.4 is 11.1 Å². The second-order valence-electron chi connectivity index (χ2n) is 5.46. The van der Waals surface area contributed by atoms with E-state index in [1.165, 1.54) is 24.2 Å². The van der Waals surface area contributed by atoms with Crippen molar-refractivity contribution >= 4 is 22.4 Å². The summed E-state index contributed by atoms with van der Waals surface area (Å²) in [6, 6.07) is 9.77. The minimum Gasteiger partial charge on any atom is -0.324 e. The summed E-state index contributed by atoms with van der Waals surface area (Å²) in [5.41, 5.74) is 8.28. The third-order valence-corrected chi connectivity index (χ3v) is 4.45. The van der Waals surface area contributed by atoms with Gasteiger partial charge in [-0.3, -0.25) is 4.79 Å². The molecular formula is C16H19N3OS. The molecule has 3 N–H and O–H groups in total. The first-order valence-electron chi connectivity index (χ1n) is 7.28. The Morgan fingerprint density at radius 3 is 2.86 bits per heavy atom. The highest BCUT2D eigenvalue weighted by Gasteiger charge is 2.26. The van der Waals surface area contributed by atoms with Crippen molar-refractivity contribution in [3.05, 3.63) is 47.0 Å². The molecule has 1 aromatic heterocycles. The van der Waals surface area contributed by atoms with Gasteiger partial charge in [-0.2, -0.15) is 0 Å². The molecule has 0 aliphatic heterocycles. The molecule has 1 amide bonds. The molecule has 5 heteroatoms. The van der Waals surface area contributed by atoms with Crippen LogP contribution in [0.15, 0.2) is 35.7 Å². The van der Waals surface area contributed by atoms with Crippen molar-refractivity contribution in [1.82, 2.24) is 4.98 Å². The van der Waals surface area contributed by atoms with Crippen LogP contribution in [0.3, 0.4) is 0 Å². The molecule has 1 saturated carbocycles. The normalized spacial score (nSPS) is 15.7. The number of hydrogen-bond acceptors (Lipinski definition) is 4. The van der Waals surface area contributed by atoms with E-state index in [0.29, 0.717) is 23.9 Å². The molecule has 3 rings (SSSR count). The van der Waals surface area contributed by atoms with Gasteiger partial charge in [-0.05, 0) is 24.8 Å². The van der Waals surface area contributed by atoms with E-state index >= 15 is 0 Å². The molecule has 1 heterocycles. The summed E-state index contributed by atoms with van der Waals surface area (Å²) in [6.45, 7) is 0. The van der Waals surface area contributed by atoms with Crippen LogP contribution >= 0.6 is 11.3 Å². The minimum atomic E-state index is -0.102. The number of rotatable bonds is 6. The molecule has 1 aromatic carbocycles. The Morgan fingerprint density at radius 2 is 2.14 bits per heavy atom. The summed E-state index contributed by atoms with van der Waals surface area (Å²) >= 11 is 1.50. The van der Waals surface area contributed by atoms with E-state index in [0.717, 1.165) is 11.3 Å². The standard InChI is InChI=1S/C16H19N3OS/c17-13(11-4-2-1-3-5-11)8-9-15(20)19-16-18-14(10-21-16)12-6-7-12/h1-5,10,12-13H,6-9,17H2,(H,18,19,20). The lowest BCUT2D eigenvalue weighted by atomic mass is 10.0. The van der Waals surface area contributed by atoms with Crippen molar-refractivity contribution in [2.45, 2.75) is 37.6 Å². The molecule has 1 aliphatic rings. The molecule has 21 heavy (non-hydrogen) atoms. The smallest absolute Gasteiger partial charge is 0.226 e. The van der Waals surface area contributed by atoms with Crippen LogP contribution in [-0.4, -0.2) is 10.9 Å². The Bertz CT molecular complexity index is 607. The van der Waals surface area contributed by atoms with E-state index in [2.05, 4.69) is 10.3 Å². The molecule has 0 spiro atoms. The molecule has 1 fully saturated rings. The second kappa shape index (κ2) is 6.37. The maximum Gasteiger partial charge on any atom is 0.226 e. The lowest BCUT2D eigenvalue weighted by molar-refractivity contribution is -0.116. The van der Waals surface area contributed by atoms with Gasteiger partial charge in [-0.25, -0.2) is 4.98 Å². The second-order valence-corrected chi connectivity index (χ2v) is 6.31. The van der Waals surface area contributed by atoms with Gasteiger partial charge < -0.3 is 11.1 Å². The number of aromatic nitrogens is 1. The zero-order valence-corrected chi connectivity index (χ0v) is 12.6. The predicted molar refractivity (Wildman–Crippen MR) is 85.3 cm³/mol. The number of carbonyl (C=O) groups is 1. The molecule has 110 valence electrons. The average Bonchev–Trinajstić information content (AvgIpc) is 3.26. The zero-order chi connectivity index (χ0) is 14.7. The monoisotopic (exact) mass is 301 g/mol. The summed E-state index contributed by atoms with van der Waals surface area (Å²) in [5, 5.41) is 5.61.